The summed E-state index contributed by atoms with van der Waals surface area (Å²) < 4.78 is 19.3. The molecule has 30 heavy (non-hydrogen) atoms. The van der Waals surface area contributed by atoms with Crippen molar-refractivity contribution in [1.82, 2.24) is 9.55 Å². The van der Waals surface area contributed by atoms with Gasteiger partial charge < -0.3 is 19.5 Å². The van der Waals surface area contributed by atoms with Crippen molar-refractivity contribution in [2.24, 2.45) is 0 Å². The molecule has 1 aromatic carbocycles. The van der Waals surface area contributed by atoms with Crippen molar-refractivity contribution in [3.8, 4) is 12.3 Å². The van der Waals surface area contributed by atoms with Gasteiger partial charge in [-0.1, -0.05) is 31.0 Å². The van der Waals surface area contributed by atoms with E-state index in [1.165, 1.54) is 4.57 Å². The summed E-state index contributed by atoms with van der Waals surface area (Å²) in [5, 5.41) is 2.69. The average Bonchev–Trinajstić information content (AvgIpc) is 3.27. The van der Waals surface area contributed by atoms with E-state index < -0.39 is 23.6 Å². The smallest absolute Gasteiger partial charge is 0.351 e. The molecule has 1 aromatic heterocycles. The standard InChI is InChI=1S/C22H23N3O5/c1-4-11-28-17-16-20(30-22(17,5-2)13-29-16)25-12-14(3)18(24-21(25)27)23-19(26)15-9-7-6-8-10-15/h1,6-10,12,16-17,20H,5,11,13H2,2-3H3,(H,23,24,26,27)/t16-,17?,20+,22-/m0/s1. The van der Waals surface area contributed by atoms with Crippen LogP contribution >= 0.6 is 0 Å². The first-order valence-corrected chi connectivity index (χ1v) is 9.80. The third-order valence-corrected chi connectivity index (χ3v) is 5.59. The Morgan fingerprint density at radius 1 is 1.43 bits per heavy atom. The molecule has 2 aliphatic rings. The number of fused-ring (bicyclic) bond motifs is 2. The molecule has 4 atom stereocenters. The van der Waals surface area contributed by atoms with E-state index in [0.717, 1.165) is 0 Å². The van der Waals surface area contributed by atoms with Gasteiger partial charge in [0, 0.05) is 17.3 Å². The molecule has 1 N–H and O–H groups in total. The summed E-state index contributed by atoms with van der Waals surface area (Å²) >= 11 is 0. The van der Waals surface area contributed by atoms with E-state index in [1.807, 2.05) is 13.0 Å². The highest BCUT2D eigenvalue weighted by Crippen LogP contribution is 2.47. The van der Waals surface area contributed by atoms with Gasteiger partial charge in [-0.15, -0.1) is 6.42 Å². The average molecular weight is 409 g/mol. The maximum Gasteiger partial charge on any atom is 0.351 e. The number of hydrogen-bond acceptors (Lipinski definition) is 6. The summed E-state index contributed by atoms with van der Waals surface area (Å²) in [5.74, 6) is 2.34. The Morgan fingerprint density at radius 3 is 2.90 bits per heavy atom. The lowest BCUT2D eigenvalue weighted by molar-refractivity contribution is -0.176. The van der Waals surface area contributed by atoms with Crippen LogP contribution in [0.5, 0.6) is 0 Å². The quantitative estimate of drug-likeness (QED) is 0.733. The second kappa shape index (κ2) is 8.03. The van der Waals surface area contributed by atoms with Crippen LogP contribution in [0.1, 0.15) is 35.5 Å². The molecule has 2 fully saturated rings. The number of carbonyl (C=O) groups excluding carboxylic acids is 1. The van der Waals surface area contributed by atoms with Crippen LogP contribution in [-0.2, 0) is 14.2 Å². The third kappa shape index (κ3) is 3.41. The van der Waals surface area contributed by atoms with Crippen molar-refractivity contribution in [2.75, 3.05) is 18.5 Å². The number of rotatable bonds is 6. The van der Waals surface area contributed by atoms with Gasteiger partial charge in [-0.2, -0.15) is 4.98 Å². The number of nitrogens with zero attached hydrogens (tertiary/aromatic N) is 2. The van der Waals surface area contributed by atoms with E-state index in [1.54, 1.807) is 37.4 Å². The first-order chi connectivity index (χ1) is 14.5. The van der Waals surface area contributed by atoms with Crippen LogP contribution in [0.25, 0.3) is 0 Å². The van der Waals surface area contributed by atoms with Crippen LogP contribution in [0, 0.1) is 19.3 Å². The van der Waals surface area contributed by atoms with Crippen molar-refractivity contribution in [2.45, 2.75) is 44.3 Å². The number of ether oxygens (including phenoxy) is 3. The molecular weight excluding hydrogens is 386 g/mol. The van der Waals surface area contributed by atoms with Gasteiger partial charge in [-0.3, -0.25) is 9.36 Å². The maximum atomic E-state index is 12.8. The van der Waals surface area contributed by atoms with Gasteiger partial charge in [0.1, 0.15) is 30.2 Å². The second-order valence-electron chi connectivity index (χ2n) is 7.42. The molecule has 2 aromatic rings. The number of carbonyl (C=O) groups is 1. The summed E-state index contributed by atoms with van der Waals surface area (Å²) in [5.41, 5.74) is -0.102. The van der Waals surface area contributed by atoms with Crippen LogP contribution < -0.4 is 11.0 Å². The van der Waals surface area contributed by atoms with Crippen LogP contribution in [-0.4, -0.2) is 46.5 Å². The van der Waals surface area contributed by atoms with Gasteiger partial charge >= 0.3 is 5.69 Å². The molecule has 0 saturated carbocycles. The highest BCUT2D eigenvalue weighted by Gasteiger charge is 2.62. The second-order valence-corrected chi connectivity index (χ2v) is 7.42. The monoisotopic (exact) mass is 409 g/mol. The molecule has 2 bridgehead atoms. The summed E-state index contributed by atoms with van der Waals surface area (Å²) in [6, 6.07) is 8.73. The molecule has 2 saturated heterocycles. The minimum absolute atomic E-state index is 0.138. The van der Waals surface area contributed by atoms with E-state index in [9.17, 15) is 9.59 Å². The van der Waals surface area contributed by atoms with Crippen LogP contribution in [0.3, 0.4) is 0 Å². The molecule has 156 valence electrons. The highest BCUT2D eigenvalue weighted by atomic mass is 16.7. The van der Waals surface area contributed by atoms with Crippen molar-refractivity contribution in [3.63, 3.8) is 0 Å². The third-order valence-electron chi connectivity index (χ3n) is 5.59. The molecule has 0 radical (unpaired) electrons. The van der Waals surface area contributed by atoms with Gasteiger partial charge in [0.05, 0.1) is 6.61 Å². The zero-order chi connectivity index (χ0) is 21.3. The summed E-state index contributed by atoms with van der Waals surface area (Å²) in [4.78, 5) is 29.3. The lowest BCUT2D eigenvalue weighted by atomic mass is 9.96. The molecule has 0 spiro atoms. The number of nitrogens with one attached hydrogen (secondary N) is 1. The summed E-state index contributed by atoms with van der Waals surface area (Å²) in [7, 11) is 0. The number of aryl methyl sites for hydroxylation is 1. The fourth-order valence-corrected chi connectivity index (χ4v) is 3.98. The van der Waals surface area contributed by atoms with Crippen molar-refractivity contribution in [3.05, 3.63) is 58.1 Å². The Balaban J connectivity index is 1.59. The Labute approximate surface area is 174 Å². The highest BCUT2D eigenvalue weighted by molar-refractivity contribution is 6.03. The molecule has 0 aliphatic carbocycles. The van der Waals surface area contributed by atoms with Crippen molar-refractivity contribution in [1.29, 1.82) is 0 Å². The number of terminal acetylenes is 1. The first-order valence-electron chi connectivity index (χ1n) is 9.80. The fourth-order valence-electron chi connectivity index (χ4n) is 3.98. The molecule has 4 rings (SSSR count). The Bertz CT molecular complexity index is 1040. The number of aromatic nitrogens is 2. The van der Waals surface area contributed by atoms with Gasteiger partial charge in [-0.05, 0) is 25.5 Å². The minimum Gasteiger partial charge on any atom is -0.368 e. The topological polar surface area (TPSA) is 91.7 Å². The van der Waals surface area contributed by atoms with Crippen LogP contribution in [0.15, 0.2) is 41.3 Å². The maximum absolute atomic E-state index is 12.8. The SMILES string of the molecule is C#CCOC1[C@@H]2OC[C@]1(CC)O[C@H]2n1cc(C)c(NC(=O)c2ccccc2)nc1=O. The van der Waals surface area contributed by atoms with Gasteiger partial charge in [0.25, 0.3) is 5.91 Å². The van der Waals surface area contributed by atoms with E-state index in [2.05, 4.69) is 16.2 Å². The number of amides is 1. The van der Waals surface area contributed by atoms with E-state index >= 15 is 0 Å². The molecule has 2 aliphatic heterocycles. The largest absolute Gasteiger partial charge is 0.368 e. The Morgan fingerprint density at radius 2 is 2.20 bits per heavy atom. The summed E-state index contributed by atoms with van der Waals surface area (Å²) in [6.45, 7) is 4.26. The van der Waals surface area contributed by atoms with Crippen LogP contribution in [0.2, 0.25) is 0 Å². The zero-order valence-corrected chi connectivity index (χ0v) is 16.8. The molecule has 1 unspecified atom stereocenters. The fraction of sp³-hybridized carbons (Fsp3) is 0.409. The minimum atomic E-state index is -0.681. The molecule has 1 amide bonds. The Kier molecular flexibility index (Phi) is 5.43. The van der Waals surface area contributed by atoms with Gasteiger partial charge in [-0.25, -0.2) is 4.79 Å². The molecule has 3 heterocycles. The lowest BCUT2D eigenvalue weighted by Crippen LogP contribution is -2.41. The zero-order valence-electron chi connectivity index (χ0n) is 16.8. The van der Waals surface area contributed by atoms with Crippen LogP contribution in [0.4, 0.5) is 5.82 Å². The molecular formula is C22H23N3O5. The van der Waals surface area contributed by atoms with Crippen molar-refractivity contribution >= 4 is 11.7 Å². The lowest BCUT2D eigenvalue weighted by Gasteiger charge is -2.30. The predicted octanol–water partition coefficient (Wildman–Crippen LogP) is 1.90. The number of hydrogen-bond donors (Lipinski definition) is 1. The number of anilines is 1. The molecule has 8 heteroatoms. The predicted molar refractivity (Wildman–Crippen MR) is 109 cm³/mol. The van der Waals surface area contributed by atoms with Gasteiger partial charge in [0.2, 0.25) is 0 Å². The van der Waals surface area contributed by atoms with E-state index in [-0.39, 0.29) is 24.4 Å². The number of benzene rings is 1. The van der Waals surface area contributed by atoms with Gasteiger partial charge in [0.15, 0.2) is 6.23 Å². The van der Waals surface area contributed by atoms with Crippen molar-refractivity contribution < 1.29 is 19.0 Å². The van der Waals surface area contributed by atoms with E-state index in [0.29, 0.717) is 24.2 Å². The summed E-state index contributed by atoms with van der Waals surface area (Å²) in [6.07, 6.45) is 6.09. The normalized spacial score (nSPS) is 27.0. The van der Waals surface area contributed by atoms with E-state index in [4.69, 9.17) is 20.6 Å². The Hall–Kier alpha value is -2.99. The molecule has 8 nitrogen and oxygen atoms in total. The first kappa shape index (κ1) is 20.3.